The molecule has 2 N–H and O–H groups in total. The number of amides is 1. The minimum atomic E-state index is -0.0138. The van der Waals surface area contributed by atoms with Gasteiger partial charge in [0.05, 0.1) is 0 Å². The Morgan fingerprint density at radius 1 is 1.04 bits per heavy atom. The predicted octanol–water partition coefficient (Wildman–Crippen LogP) is 4.63. The Morgan fingerprint density at radius 2 is 1.75 bits per heavy atom. The summed E-state index contributed by atoms with van der Waals surface area (Å²) < 4.78 is 0. The topological polar surface area (TPSA) is 44.4 Å². The fourth-order valence-corrected chi connectivity index (χ4v) is 2.68. The molecule has 0 radical (unpaired) electrons. The highest BCUT2D eigenvalue weighted by molar-refractivity contribution is 6.30. The molecule has 0 heterocycles. The van der Waals surface area contributed by atoms with Gasteiger partial charge in [0.15, 0.2) is 0 Å². The molecule has 4 nitrogen and oxygen atoms in total. The minimum absolute atomic E-state index is 0.0138. The molecule has 2 rings (SSSR count). The lowest BCUT2D eigenvalue weighted by Gasteiger charge is -2.21. The van der Waals surface area contributed by atoms with Crippen molar-refractivity contribution in [3.63, 3.8) is 0 Å². The second kappa shape index (κ2) is 9.18. The minimum Gasteiger partial charge on any atom is -0.384 e. The fraction of sp³-hybridized carbons (Fsp3) is 0.316. The van der Waals surface area contributed by atoms with E-state index >= 15 is 0 Å². The Hall–Kier alpha value is -2.20. The van der Waals surface area contributed by atoms with Gasteiger partial charge in [-0.15, -0.1) is 0 Å². The first kappa shape index (κ1) is 18.1. The molecule has 0 bridgehead atoms. The molecule has 0 saturated heterocycles. The van der Waals surface area contributed by atoms with E-state index in [4.69, 9.17) is 11.6 Å². The van der Waals surface area contributed by atoms with Crippen LogP contribution in [-0.2, 0) is 4.79 Å². The van der Waals surface area contributed by atoms with Crippen molar-refractivity contribution in [1.29, 1.82) is 0 Å². The Bertz CT molecular complexity index is 654. The average Bonchev–Trinajstić information content (AvgIpc) is 2.57. The molecule has 128 valence electrons. The number of nitrogens with one attached hydrogen (secondary N) is 2. The largest absolute Gasteiger partial charge is 0.384 e. The number of hydrogen-bond acceptors (Lipinski definition) is 3. The van der Waals surface area contributed by atoms with Gasteiger partial charge in [-0.05, 0) is 56.3 Å². The van der Waals surface area contributed by atoms with Crippen LogP contribution in [0.3, 0.4) is 0 Å². The third kappa shape index (κ3) is 5.46. The zero-order valence-electron chi connectivity index (χ0n) is 14.2. The van der Waals surface area contributed by atoms with Gasteiger partial charge in [-0.3, -0.25) is 4.79 Å². The van der Waals surface area contributed by atoms with Crippen molar-refractivity contribution >= 4 is 34.6 Å². The van der Waals surface area contributed by atoms with Crippen LogP contribution in [0.25, 0.3) is 0 Å². The van der Waals surface area contributed by atoms with Crippen molar-refractivity contribution in [1.82, 2.24) is 0 Å². The highest BCUT2D eigenvalue weighted by Gasteiger charge is 2.05. The van der Waals surface area contributed by atoms with Gasteiger partial charge in [0.2, 0.25) is 5.91 Å². The molecular weight excluding hydrogens is 322 g/mol. The summed E-state index contributed by atoms with van der Waals surface area (Å²) in [7, 11) is 0. The number of hydrogen-bond donors (Lipinski definition) is 2. The molecule has 0 fully saturated rings. The van der Waals surface area contributed by atoms with E-state index in [1.165, 1.54) is 5.69 Å². The lowest BCUT2D eigenvalue weighted by molar-refractivity contribution is -0.115. The smallest absolute Gasteiger partial charge is 0.226 e. The Morgan fingerprint density at radius 3 is 2.38 bits per heavy atom. The maximum Gasteiger partial charge on any atom is 0.226 e. The highest BCUT2D eigenvalue weighted by Crippen LogP contribution is 2.18. The number of carbonyl (C=O) groups excluding carboxylic acids is 1. The predicted molar refractivity (Wildman–Crippen MR) is 103 cm³/mol. The van der Waals surface area contributed by atoms with E-state index < -0.39 is 0 Å². The maximum atomic E-state index is 12.0. The molecule has 0 saturated carbocycles. The molecule has 0 atom stereocenters. The molecule has 24 heavy (non-hydrogen) atoms. The van der Waals surface area contributed by atoms with E-state index in [9.17, 15) is 4.79 Å². The summed E-state index contributed by atoms with van der Waals surface area (Å²) in [6, 6.07) is 15.4. The molecule has 0 aliphatic carbocycles. The summed E-state index contributed by atoms with van der Waals surface area (Å²) >= 11 is 5.93. The van der Waals surface area contributed by atoms with E-state index in [1.54, 1.807) is 0 Å². The molecule has 0 aliphatic heterocycles. The second-order valence-electron chi connectivity index (χ2n) is 5.45. The van der Waals surface area contributed by atoms with Crippen molar-refractivity contribution < 1.29 is 4.79 Å². The van der Waals surface area contributed by atoms with Crippen LogP contribution >= 0.6 is 11.6 Å². The summed E-state index contributed by atoms with van der Waals surface area (Å²) in [5.74, 6) is -0.0138. The zero-order valence-corrected chi connectivity index (χ0v) is 14.9. The Balaban J connectivity index is 1.79. The van der Waals surface area contributed by atoms with E-state index in [0.29, 0.717) is 18.0 Å². The standard InChI is InChI=1S/C19H24ClN3O/c1-3-23(4-2)18-10-8-16(9-11-18)22-19(24)12-13-21-17-7-5-6-15(20)14-17/h5-11,14,21H,3-4,12-13H2,1-2H3,(H,22,24). The third-order valence-electron chi connectivity index (χ3n) is 3.79. The monoisotopic (exact) mass is 345 g/mol. The van der Waals surface area contributed by atoms with Gasteiger partial charge in [-0.25, -0.2) is 0 Å². The molecular formula is C19H24ClN3O. The molecule has 5 heteroatoms. The molecule has 1 amide bonds. The van der Waals surface area contributed by atoms with Gasteiger partial charge in [-0.1, -0.05) is 17.7 Å². The number of halogens is 1. The third-order valence-corrected chi connectivity index (χ3v) is 4.02. The highest BCUT2D eigenvalue weighted by atomic mass is 35.5. The van der Waals surface area contributed by atoms with Crippen LogP contribution in [-0.4, -0.2) is 25.5 Å². The van der Waals surface area contributed by atoms with Crippen LogP contribution < -0.4 is 15.5 Å². The molecule has 2 aromatic rings. The molecule has 2 aromatic carbocycles. The summed E-state index contributed by atoms with van der Waals surface area (Å²) in [6.45, 7) is 6.76. The van der Waals surface area contributed by atoms with Crippen LogP contribution in [0.15, 0.2) is 48.5 Å². The first-order chi connectivity index (χ1) is 11.6. The summed E-state index contributed by atoms with van der Waals surface area (Å²) in [5.41, 5.74) is 2.90. The first-order valence-corrected chi connectivity index (χ1v) is 8.64. The second-order valence-corrected chi connectivity index (χ2v) is 5.89. The summed E-state index contributed by atoms with van der Waals surface area (Å²) in [4.78, 5) is 14.3. The molecule has 0 spiro atoms. The normalized spacial score (nSPS) is 10.3. The van der Waals surface area contributed by atoms with Gasteiger partial charge in [0.25, 0.3) is 0 Å². The number of nitrogens with zero attached hydrogens (tertiary/aromatic N) is 1. The zero-order chi connectivity index (χ0) is 17.4. The number of benzene rings is 2. The van der Waals surface area contributed by atoms with Crippen molar-refractivity contribution in [2.75, 3.05) is 35.2 Å². The van der Waals surface area contributed by atoms with Crippen LogP contribution in [0.5, 0.6) is 0 Å². The van der Waals surface area contributed by atoms with Gasteiger partial charge in [0, 0.05) is 48.1 Å². The lowest BCUT2D eigenvalue weighted by atomic mass is 10.2. The number of carbonyl (C=O) groups is 1. The molecule has 0 unspecified atom stereocenters. The first-order valence-electron chi connectivity index (χ1n) is 8.26. The van der Waals surface area contributed by atoms with Crippen molar-refractivity contribution in [2.45, 2.75) is 20.3 Å². The van der Waals surface area contributed by atoms with E-state index in [1.807, 2.05) is 48.5 Å². The van der Waals surface area contributed by atoms with Crippen molar-refractivity contribution in [3.05, 3.63) is 53.6 Å². The summed E-state index contributed by atoms with van der Waals surface area (Å²) in [5, 5.41) is 6.79. The van der Waals surface area contributed by atoms with Crippen molar-refractivity contribution in [2.24, 2.45) is 0 Å². The van der Waals surface area contributed by atoms with Gasteiger partial charge < -0.3 is 15.5 Å². The van der Waals surface area contributed by atoms with Crippen LogP contribution in [0.2, 0.25) is 5.02 Å². The molecule has 0 aromatic heterocycles. The molecule has 0 aliphatic rings. The van der Waals surface area contributed by atoms with Crippen LogP contribution in [0.4, 0.5) is 17.1 Å². The van der Waals surface area contributed by atoms with E-state index in [0.717, 1.165) is 24.5 Å². The number of rotatable bonds is 8. The van der Waals surface area contributed by atoms with Crippen LogP contribution in [0.1, 0.15) is 20.3 Å². The van der Waals surface area contributed by atoms with Gasteiger partial charge >= 0.3 is 0 Å². The van der Waals surface area contributed by atoms with Gasteiger partial charge in [-0.2, -0.15) is 0 Å². The maximum absolute atomic E-state index is 12.0. The van der Waals surface area contributed by atoms with Gasteiger partial charge in [0.1, 0.15) is 0 Å². The van der Waals surface area contributed by atoms with Crippen molar-refractivity contribution in [3.8, 4) is 0 Å². The average molecular weight is 346 g/mol. The number of anilines is 3. The summed E-state index contributed by atoms with van der Waals surface area (Å²) in [6.07, 6.45) is 0.393. The van der Waals surface area contributed by atoms with Crippen LogP contribution in [0, 0.1) is 0 Å². The SMILES string of the molecule is CCN(CC)c1ccc(NC(=O)CCNc2cccc(Cl)c2)cc1. The quantitative estimate of drug-likeness (QED) is 0.733. The Labute approximate surface area is 148 Å². The Kier molecular flexibility index (Phi) is 6.94. The lowest BCUT2D eigenvalue weighted by Crippen LogP contribution is -2.21. The van der Waals surface area contributed by atoms with E-state index in [2.05, 4.69) is 29.4 Å². The van der Waals surface area contributed by atoms with E-state index in [-0.39, 0.29) is 5.91 Å². The fourth-order valence-electron chi connectivity index (χ4n) is 2.49.